The maximum Gasteiger partial charge on any atom is 0.0935 e. The van der Waals surface area contributed by atoms with Crippen LogP contribution in [-0.2, 0) is 6.42 Å². The van der Waals surface area contributed by atoms with Gasteiger partial charge in [-0.2, -0.15) is 0 Å². The van der Waals surface area contributed by atoms with Gasteiger partial charge in [-0.15, -0.1) is 0 Å². The zero-order valence-electron chi connectivity index (χ0n) is 10.1. The van der Waals surface area contributed by atoms with Crippen molar-refractivity contribution in [2.24, 2.45) is 0 Å². The van der Waals surface area contributed by atoms with E-state index in [2.05, 4.69) is 12.2 Å². The van der Waals surface area contributed by atoms with E-state index in [0.717, 1.165) is 24.1 Å². The summed E-state index contributed by atoms with van der Waals surface area (Å²) in [4.78, 5) is 0. The molecular formula is C14H15Cl2NO. The summed E-state index contributed by atoms with van der Waals surface area (Å²) >= 11 is 12.5. The molecule has 2 aromatic rings. The van der Waals surface area contributed by atoms with Crippen LogP contribution in [0.4, 0.5) is 0 Å². The van der Waals surface area contributed by atoms with Gasteiger partial charge in [-0.1, -0.05) is 36.2 Å². The van der Waals surface area contributed by atoms with Gasteiger partial charge < -0.3 is 9.73 Å². The highest BCUT2D eigenvalue weighted by molar-refractivity contribution is 6.36. The van der Waals surface area contributed by atoms with Crippen molar-refractivity contribution in [3.63, 3.8) is 0 Å². The quantitative estimate of drug-likeness (QED) is 0.875. The maximum atomic E-state index is 6.25. The van der Waals surface area contributed by atoms with Gasteiger partial charge in [-0.3, -0.25) is 0 Å². The van der Waals surface area contributed by atoms with Crippen LogP contribution in [0.1, 0.15) is 24.1 Å². The maximum absolute atomic E-state index is 6.25. The Balaban J connectivity index is 2.29. The van der Waals surface area contributed by atoms with Crippen molar-refractivity contribution in [2.75, 3.05) is 6.54 Å². The topological polar surface area (TPSA) is 25.2 Å². The lowest BCUT2D eigenvalue weighted by Gasteiger charge is -2.20. The Morgan fingerprint density at radius 1 is 1.22 bits per heavy atom. The lowest BCUT2D eigenvalue weighted by atomic mass is 10.0. The van der Waals surface area contributed by atoms with E-state index >= 15 is 0 Å². The van der Waals surface area contributed by atoms with Crippen molar-refractivity contribution in [3.05, 3.63) is 58.0 Å². The molecule has 0 aliphatic rings. The van der Waals surface area contributed by atoms with E-state index in [9.17, 15) is 0 Å². The first-order valence-electron chi connectivity index (χ1n) is 5.90. The molecule has 0 bridgehead atoms. The zero-order chi connectivity index (χ0) is 13.0. The molecule has 1 unspecified atom stereocenters. The molecule has 0 aliphatic heterocycles. The molecule has 1 heterocycles. The number of likely N-dealkylation sites (N-methyl/N-ethyl adjacent to an activating group) is 1. The van der Waals surface area contributed by atoms with Crippen molar-refractivity contribution in [2.45, 2.75) is 19.4 Å². The van der Waals surface area contributed by atoms with Gasteiger partial charge in [0.1, 0.15) is 0 Å². The van der Waals surface area contributed by atoms with Gasteiger partial charge in [0.05, 0.1) is 12.5 Å². The van der Waals surface area contributed by atoms with Gasteiger partial charge in [0.25, 0.3) is 0 Å². The highest BCUT2D eigenvalue weighted by Gasteiger charge is 2.18. The molecule has 2 rings (SSSR count). The second kappa shape index (κ2) is 6.28. The lowest BCUT2D eigenvalue weighted by Crippen LogP contribution is -2.23. The number of hydrogen-bond donors (Lipinski definition) is 1. The van der Waals surface area contributed by atoms with Crippen LogP contribution in [0.5, 0.6) is 0 Å². The first-order valence-corrected chi connectivity index (χ1v) is 6.66. The number of furan rings is 1. The van der Waals surface area contributed by atoms with Crippen molar-refractivity contribution in [1.82, 2.24) is 5.32 Å². The van der Waals surface area contributed by atoms with Crippen molar-refractivity contribution >= 4 is 23.2 Å². The van der Waals surface area contributed by atoms with Crippen LogP contribution in [0, 0.1) is 0 Å². The third-order valence-corrected chi connectivity index (χ3v) is 3.48. The molecule has 1 N–H and O–H groups in total. The Morgan fingerprint density at radius 2 is 1.94 bits per heavy atom. The number of benzene rings is 1. The summed E-state index contributed by atoms with van der Waals surface area (Å²) < 4.78 is 5.10. The fourth-order valence-corrected chi connectivity index (χ4v) is 2.67. The molecule has 0 saturated carbocycles. The van der Waals surface area contributed by atoms with Gasteiger partial charge >= 0.3 is 0 Å². The fourth-order valence-electron chi connectivity index (χ4n) is 2.01. The summed E-state index contributed by atoms with van der Waals surface area (Å²) in [5, 5.41) is 4.79. The minimum Gasteiger partial charge on any atom is -0.472 e. The standard InChI is InChI=1S/C14H15Cl2NO/c1-2-17-13(8-10-6-7-18-9-10)14-11(15)4-3-5-12(14)16/h3-7,9,13,17H,2,8H2,1H3. The average Bonchev–Trinajstić information content (AvgIpc) is 2.82. The molecule has 1 atom stereocenters. The molecule has 96 valence electrons. The second-order valence-corrected chi connectivity index (χ2v) is 4.90. The zero-order valence-corrected chi connectivity index (χ0v) is 11.6. The Bertz CT molecular complexity index is 476. The molecule has 0 saturated heterocycles. The normalized spacial score (nSPS) is 12.6. The molecule has 0 spiro atoms. The number of rotatable bonds is 5. The smallest absolute Gasteiger partial charge is 0.0935 e. The van der Waals surface area contributed by atoms with Gasteiger partial charge in [0.2, 0.25) is 0 Å². The highest BCUT2D eigenvalue weighted by Crippen LogP contribution is 2.32. The van der Waals surface area contributed by atoms with Crippen molar-refractivity contribution in [1.29, 1.82) is 0 Å². The van der Waals surface area contributed by atoms with Crippen molar-refractivity contribution in [3.8, 4) is 0 Å². The first kappa shape index (κ1) is 13.5. The summed E-state index contributed by atoms with van der Waals surface area (Å²) in [6.07, 6.45) is 4.22. The summed E-state index contributed by atoms with van der Waals surface area (Å²) in [6.45, 7) is 2.91. The number of hydrogen-bond acceptors (Lipinski definition) is 2. The molecule has 1 aromatic carbocycles. The molecule has 1 aromatic heterocycles. The van der Waals surface area contributed by atoms with E-state index in [1.54, 1.807) is 12.5 Å². The summed E-state index contributed by atoms with van der Waals surface area (Å²) in [7, 11) is 0. The van der Waals surface area contributed by atoms with Crippen LogP contribution >= 0.6 is 23.2 Å². The van der Waals surface area contributed by atoms with Crippen LogP contribution in [0.15, 0.2) is 41.2 Å². The van der Waals surface area contributed by atoms with E-state index in [-0.39, 0.29) is 6.04 Å². The highest BCUT2D eigenvalue weighted by atomic mass is 35.5. The molecule has 0 amide bonds. The summed E-state index contributed by atoms with van der Waals surface area (Å²) in [5.74, 6) is 0. The minimum atomic E-state index is 0.0915. The number of halogens is 2. The van der Waals surface area contributed by atoms with Crippen LogP contribution in [0.25, 0.3) is 0 Å². The Kier molecular flexibility index (Phi) is 4.70. The van der Waals surface area contributed by atoms with E-state index in [4.69, 9.17) is 27.6 Å². The Morgan fingerprint density at radius 3 is 2.50 bits per heavy atom. The number of nitrogens with one attached hydrogen (secondary N) is 1. The predicted molar refractivity (Wildman–Crippen MR) is 75.3 cm³/mol. The third-order valence-electron chi connectivity index (χ3n) is 2.82. The Labute approximate surface area is 117 Å². The van der Waals surface area contributed by atoms with Crippen LogP contribution in [0.2, 0.25) is 10.0 Å². The van der Waals surface area contributed by atoms with Crippen LogP contribution in [0.3, 0.4) is 0 Å². The molecule has 0 fully saturated rings. The van der Waals surface area contributed by atoms with Gasteiger partial charge in [-0.25, -0.2) is 0 Å². The van der Waals surface area contributed by atoms with E-state index in [0.29, 0.717) is 10.0 Å². The summed E-state index contributed by atoms with van der Waals surface area (Å²) in [5.41, 5.74) is 2.07. The van der Waals surface area contributed by atoms with Gasteiger partial charge in [0.15, 0.2) is 0 Å². The molecule has 2 nitrogen and oxygen atoms in total. The first-order chi connectivity index (χ1) is 8.72. The van der Waals surface area contributed by atoms with E-state index in [1.807, 2.05) is 24.3 Å². The fraction of sp³-hybridized carbons (Fsp3) is 0.286. The summed E-state index contributed by atoms with van der Waals surface area (Å²) in [6, 6.07) is 7.63. The monoisotopic (exact) mass is 283 g/mol. The van der Waals surface area contributed by atoms with E-state index < -0.39 is 0 Å². The Hall–Kier alpha value is -0.960. The van der Waals surface area contributed by atoms with Gasteiger partial charge in [-0.05, 0) is 36.7 Å². The third kappa shape index (κ3) is 3.08. The molecule has 0 aliphatic carbocycles. The van der Waals surface area contributed by atoms with Gasteiger partial charge in [0, 0.05) is 21.7 Å². The lowest BCUT2D eigenvalue weighted by molar-refractivity contribution is 0.535. The molecule has 4 heteroatoms. The largest absolute Gasteiger partial charge is 0.472 e. The second-order valence-electron chi connectivity index (χ2n) is 4.08. The molecule has 18 heavy (non-hydrogen) atoms. The van der Waals surface area contributed by atoms with Crippen LogP contribution < -0.4 is 5.32 Å². The minimum absolute atomic E-state index is 0.0915. The SMILES string of the molecule is CCNC(Cc1ccoc1)c1c(Cl)cccc1Cl. The molecule has 0 radical (unpaired) electrons. The van der Waals surface area contributed by atoms with Crippen molar-refractivity contribution < 1.29 is 4.42 Å². The van der Waals surface area contributed by atoms with Crippen LogP contribution in [-0.4, -0.2) is 6.54 Å². The van der Waals surface area contributed by atoms with E-state index in [1.165, 1.54) is 0 Å². The average molecular weight is 284 g/mol. The molecular weight excluding hydrogens is 269 g/mol. The predicted octanol–water partition coefficient (Wildman–Crippen LogP) is 4.48.